The van der Waals surface area contributed by atoms with Crippen LogP contribution in [0.3, 0.4) is 0 Å². The third kappa shape index (κ3) is 4.30. The lowest BCUT2D eigenvalue weighted by molar-refractivity contribution is 0.00578. The zero-order chi connectivity index (χ0) is 16.2. The maximum absolute atomic E-state index is 6.13. The zero-order valence-electron chi connectivity index (χ0n) is 14.6. The van der Waals surface area contributed by atoms with Gasteiger partial charge in [0.2, 0.25) is 0 Å². The Morgan fingerprint density at radius 3 is 2.32 bits per heavy atom. The number of hydrogen-bond acceptors (Lipinski definition) is 3. The molecule has 0 aliphatic carbocycles. The van der Waals surface area contributed by atoms with Crippen molar-refractivity contribution in [1.82, 2.24) is 0 Å². The molecule has 2 nitrogen and oxygen atoms in total. The van der Waals surface area contributed by atoms with Crippen LogP contribution in [0, 0.1) is 0 Å². The first-order valence-electron chi connectivity index (χ1n) is 8.44. The Labute approximate surface area is 140 Å². The number of benzene rings is 1. The summed E-state index contributed by atoms with van der Waals surface area (Å²) in [5, 5.41) is 0. The van der Waals surface area contributed by atoms with E-state index in [2.05, 4.69) is 58.9 Å². The Kier molecular flexibility index (Phi) is 6.03. The Balaban J connectivity index is 1.95. The lowest BCUT2D eigenvalue weighted by Crippen LogP contribution is -2.41. The van der Waals surface area contributed by atoms with Crippen LogP contribution in [-0.2, 0) is 9.31 Å². The summed E-state index contributed by atoms with van der Waals surface area (Å²) in [7, 11) is -0.259. The van der Waals surface area contributed by atoms with Crippen LogP contribution >= 0.6 is 11.8 Å². The van der Waals surface area contributed by atoms with E-state index in [0.717, 1.165) is 5.46 Å². The van der Waals surface area contributed by atoms with E-state index in [-0.39, 0.29) is 18.3 Å². The lowest BCUT2D eigenvalue weighted by atomic mass is 9.79. The summed E-state index contributed by atoms with van der Waals surface area (Å²) in [5.74, 6) is 1.19. The molecule has 0 radical (unpaired) electrons. The zero-order valence-corrected chi connectivity index (χ0v) is 15.5. The molecule has 1 aromatic carbocycles. The van der Waals surface area contributed by atoms with E-state index >= 15 is 0 Å². The molecule has 1 heterocycles. The molecule has 0 saturated carbocycles. The van der Waals surface area contributed by atoms with Gasteiger partial charge in [-0.1, -0.05) is 38.3 Å². The summed E-state index contributed by atoms with van der Waals surface area (Å²) < 4.78 is 12.3. The second-order valence-corrected chi connectivity index (χ2v) is 8.24. The maximum Gasteiger partial charge on any atom is 0.494 e. The number of thioether (sulfide) groups is 1. The van der Waals surface area contributed by atoms with Crippen LogP contribution in [0.15, 0.2) is 29.2 Å². The Hall–Kier alpha value is -0.445. The van der Waals surface area contributed by atoms with Crippen LogP contribution < -0.4 is 5.46 Å². The standard InChI is InChI=1S/C18H29BO2S/c1-6-7-8-9-13-22-16-12-10-11-15(14-16)19-20-17(2,3)18(4,5)21-19/h10-12,14H,6-9,13H2,1-5H3. The second kappa shape index (κ2) is 7.42. The minimum atomic E-state index is -0.277. The average molecular weight is 320 g/mol. The van der Waals surface area contributed by atoms with Crippen molar-refractivity contribution in [2.75, 3.05) is 5.75 Å². The van der Waals surface area contributed by atoms with Gasteiger partial charge >= 0.3 is 7.12 Å². The molecule has 2 rings (SSSR count). The normalized spacial score (nSPS) is 19.6. The van der Waals surface area contributed by atoms with Crippen molar-refractivity contribution in [1.29, 1.82) is 0 Å². The van der Waals surface area contributed by atoms with Gasteiger partial charge < -0.3 is 9.31 Å². The van der Waals surface area contributed by atoms with Gasteiger partial charge in [0.25, 0.3) is 0 Å². The van der Waals surface area contributed by atoms with E-state index < -0.39 is 0 Å². The van der Waals surface area contributed by atoms with Gasteiger partial charge in [0.15, 0.2) is 0 Å². The first-order valence-corrected chi connectivity index (χ1v) is 9.43. The summed E-state index contributed by atoms with van der Waals surface area (Å²) in [6.07, 6.45) is 5.26. The predicted octanol–water partition coefficient (Wildman–Crippen LogP) is 4.66. The fourth-order valence-electron chi connectivity index (χ4n) is 2.45. The molecule has 0 aromatic heterocycles. The largest absolute Gasteiger partial charge is 0.494 e. The highest BCUT2D eigenvalue weighted by Gasteiger charge is 2.51. The smallest absolute Gasteiger partial charge is 0.399 e. The highest BCUT2D eigenvalue weighted by Crippen LogP contribution is 2.36. The average Bonchev–Trinajstić information content (AvgIpc) is 2.68. The fourth-order valence-corrected chi connectivity index (χ4v) is 3.43. The Morgan fingerprint density at radius 2 is 1.68 bits per heavy atom. The van der Waals surface area contributed by atoms with Crippen LogP contribution in [-0.4, -0.2) is 24.1 Å². The van der Waals surface area contributed by atoms with E-state index in [1.165, 1.54) is 36.3 Å². The van der Waals surface area contributed by atoms with E-state index in [1.54, 1.807) is 0 Å². The molecule has 1 aromatic rings. The topological polar surface area (TPSA) is 18.5 Å². The summed E-state index contributed by atoms with van der Waals surface area (Å²) >= 11 is 1.93. The minimum Gasteiger partial charge on any atom is -0.399 e. The molecular formula is C18H29BO2S. The van der Waals surface area contributed by atoms with Gasteiger partial charge in [0.1, 0.15) is 0 Å². The van der Waals surface area contributed by atoms with Crippen LogP contribution in [0.1, 0.15) is 60.3 Å². The molecule has 1 saturated heterocycles. The van der Waals surface area contributed by atoms with Gasteiger partial charge in [0, 0.05) is 4.90 Å². The van der Waals surface area contributed by atoms with E-state index in [4.69, 9.17) is 9.31 Å². The van der Waals surface area contributed by atoms with Gasteiger partial charge in [-0.3, -0.25) is 0 Å². The molecule has 122 valence electrons. The van der Waals surface area contributed by atoms with Crippen molar-refractivity contribution in [2.24, 2.45) is 0 Å². The molecule has 0 amide bonds. The highest BCUT2D eigenvalue weighted by atomic mass is 32.2. The van der Waals surface area contributed by atoms with Gasteiger partial charge in [0.05, 0.1) is 11.2 Å². The van der Waals surface area contributed by atoms with Crippen molar-refractivity contribution in [3.8, 4) is 0 Å². The van der Waals surface area contributed by atoms with Gasteiger partial charge in [-0.05, 0) is 57.5 Å². The van der Waals surface area contributed by atoms with Gasteiger partial charge in [-0.15, -0.1) is 11.8 Å². The monoisotopic (exact) mass is 320 g/mol. The molecule has 0 atom stereocenters. The SMILES string of the molecule is CCCCCCSc1cccc(B2OC(C)(C)C(C)(C)O2)c1. The highest BCUT2D eigenvalue weighted by molar-refractivity contribution is 7.99. The van der Waals surface area contributed by atoms with Crippen LogP contribution in [0.5, 0.6) is 0 Å². The molecule has 0 spiro atoms. The van der Waals surface area contributed by atoms with Gasteiger partial charge in [-0.25, -0.2) is 0 Å². The fraction of sp³-hybridized carbons (Fsp3) is 0.667. The summed E-state index contributed by atoms with van der Waals surface area (Å²) in [4.78, 5) is 1.31. The quantitative estimate of drug-likeness (QED) is 0.414. The van der Waals surface area contributed by atoms with Crippen LogP contribution in [0.4, 0.5) is 0 Å². The van der Waals surface area contributed by atoms with Gasteiger partial charge in [-0.2, -0.15) is 0 Å². The molecule has 0 N–H and O–H groups in total. The van der Waals surface area contributed by atoms with E-state index in [1.807, 2.05) is 11.8 Å². The molecule has 0 unspecified atom stereocenters. The van der Waals surface area contributed by atoms with Crippen molar-refractivity contribution < 1.29 is 9.31 Å². The first kappa shape index (κ1) is 17.9. The van der Waals surface area contributed by atoms with Crippen LogP contribution in [0.2, 0.25) is 0 Å². The van der Waals surface area contributed by atoms with Crippen molar-refractivity contribution in [2.45, 2.75) is 76.4 Å². The third-order valence-corrected chi connectivity index (χ3v) is 5.73. The lowest BCUT2D eigenvalue weighted by Gasteiger charge is -2.32. The van der Waals surface area contributed by atoms with E-state index in [0.29, 0.717) is 0 Å². The Bertz CT molecular complexity index is 472. The summed E-state index contributed by atoms with van der Waals surface area (Å²) in [6, 6.07) is 8.60. The first-order chi connectivity index (χ1) is 10.4. The molecule has 4 heteroatoms. The summed E-state index contributed by atoms with van der Waals surface area (Å²) in [5.41, 5.74) is 0.569. The number of rotatable bonds is 7. The van der Waals surface area contributed by atoms with Crippen molar-refractivity contribution >= 4 is 24.3 Å². The number of hydrogen-bond donors (Lipinski definition) is 0. The minimum absolute atomic E-state index is 0.259. The number of unbranched alkanes of at least 4 members (excludes halogenated alkanes) is 3. The molecule has 1 aliphatic rings. The van der Waals surface area contributed by atoms with Crippen LogP contribution in [0.25, 0.3) is 0 Å². The third-order valence-electron chi connectivity index (χ3n) is 4.65. The second-order valence-electron chi connectivity index (χ2n) is 7.07. The summed E-state index contributed by atoms with van der Waals surface area (Å²) in [6.45, 7) is 10.6. The Morgan fingerprint density at radius 1 is 1.00 bits per heavy atom. The van der Waals surface area contributed by atoms with E-state index in [9.17, 15) is 0 Å². The molecule has 1 fully saturated rings. The molecule has 22 heavy (non-hydrogen) atoms. The predicted molar refractivity (Wildman–Crippen MR) is 97.0 cm³/mol. The molecule has 1 aliphatic heterocycles. The maximum atomic E-state index is 6.13. The molecular weight excluding hydrogens is 291 g/mol. The van der Waals surface area contributed by atoms with Crippen molar-refractivity contribution in [3.63, 3.8) is 0 Å². The van der Waals surface area contributed by atoms with Crippen molar-refractivity contribution in [3.05, 3.63) is 24.3 Å². The molecule has 0 bridgehead atoms.